The van der Waals surface area contributed by atoms with Gasteiger partial charge in [0.1, 0.15) is 0 Å². The molecule has 0 spiro atoms. The van der Waals surface area contributed by atoms with Crippen molar-refractivity contribution in [3.63, 3.8) is 0 Å². The Morgan fingerprint density at radius 1 is 1.40 bits per heavy atom. The van der Waals surface area contributed by atoms with E-state index in [1.54, 1.807) is 0 Å². The normalized spacial score (nSPS) is 23.2. The number of nitrogens with one attached hydrogen (secondary N) is 1. The molecular weight excluding hydrogens is 246 g/mol. The van der Waals surface area contributed by atoms with Crippen LogP contribution in [0.2, 0.25) is 0 Å². The van der Waals surface area contributed by atoms with E-state index in [1.165, 1.54) is 12.1 Å². The predicted molar refractivity (Wildman–Crippen MR) is 84.7 cm³/mol. The van der Waals surface area contributed by atoms with Gasteiger partial charge in [-0.2, -0.15) is 0 Å². The fourth-order valence-corrected chi connectivity index (χ4v) is 3.07. The van der Waals surface area contributed by atoms with Crippen LogP contribution in [0.4, 0.5) is 0 Å². The Hall–Kier alpha value is -0.930. The van der Waals surface area contributed by atoms with Gasteiger partial charge < -0.3 is 5.32 Å². The molecule has 0 bridgehead atoms. The summed E-state index contributed by atoms with van der Waals surface area (Å²) in [5.41, 5.74) is 2.49. The van der Waals surface area contributed by atoms with Crippen molar-refractivity contribution in [2.45, 2.75) is 59.2 Å². The maximum absolute atomic E-state index is 4.67. The fraction of sp³-hybridized carbons (Fsp3) is 0.706. The molecule has 0 amide bonds. The smallest absolute Gasteiger partial charge is 0.0547 e. The van der Waals surface area contributed by atoms with E-state index in [0.29, 0.717) is 6.04 Å². The molecule has 2 rings (SSSR count). The van der Waals surface area contributed by atoms with Gasteiger partial charge in [-0.1, -0.05) is 19.9 Å². The molecule has 2 heterocycles. The van der Waals surface area contributed by atoms with Gasteiger partial charge >= 0.3 is 0 Å². The number of aromatic nitrogens is 1. The minimum atomic E-state index is 0.192. The lowest BCUT2D eigenvalue weighted by molar-refractivity contribution is 0.0748. The molecule has 1 aromatic rings. The highest BCUT2D eigenvalue weighted by atomic mass is 15.3. The van der Waals surface area contributed by atoms with E-state index in [9.17, 15) is 0 Å². The van der Waals surface area contributed by atoms with Crippen molar-refractivity contribution in [1.29, 1.82) is 0 Å². The largest absolute Gasteiger partial charge is 0.309 e. The molecule has 1 aliphatic rings. The first kappa shape index (κ1) is 15.5. The van der Waals surface area contributed by atoms with E-state index in [0.717, 1.165) is 31.2 Å². The second-order valence-corrected chi connectivity index (χ2v) is 7.22. The Morgan fingerprint density at radius 3 is 2.80 bits per heavy atom. The number of pyridine rings is 1. The first-order valence-electron chi connectivity index (χ1n) is 7.77. The third-order valence-electron chi connectivity index (χ3n) is 3.99. The molecule has 3 heteroatoms. The molecule has 0 aromatic carbocycles. The Kier molecular flexibility index (Phi) is 4.82. The average Bonchev–Trinajstić information content (AvgIpc) is 2.32. The number of rotatable bonds is 4. The lowest BCUT2D eigenvalue weighted by atomic mass is 9.94. The van der Waals surface area contributed by atoms with Gasteiger partial charge in [-0.3, -0.25) is 9.88 Å². The second kappa shape index (κ2) is 6.23. The molecule has 0 saturated carbocycles. The molecule has 3 nitrogen and oxygen atoms in total. The van der Waals surface area contributed by atoms with Crippen molar-refractivity contribution in [3.8, 4) is 0 Å². The highest BCUT2D eigenvalue weighted by Gasteiger charge is 2.32. The lowest BCUT2D eigenvalue weighted by Crippen LogP contribution is -2.61. The zero-order chi connectivity index (χ0) is 14.8. The van der Waals surface area contributed by atoms with Crippen LogP contribution in [0.1, 0.15) is 45.5 Å². The standard InChI is InChI=1S/C17H29N3/c1-13(2)9-16-10-18-17(4,5)12-20(16)11-15-8-6-7-14(3)19-15/h6-8,13,16,18H,9-12H2,1-5H3. The molecule has 1 atom stereocenters. The van der Waals surface area contributed by atoms with Crippen LogP contribution in [-0.2, 0) is 6.54 Å². The van der Waals surface area contributed by atoms with E-state index < -0.39 is 0 Å². The van der Waals surface area contributed by atoms with Crippen LogP contribution in [0.3, 0.4) is 0 Å². The van der Waals surface area contributed by atoms with Gasteiger partial charge in [0.05, 0.1) is 5.69 Å². The molecule has 20 heavy (non-hydrogen) atoms. The number of hydrogen-bond acceptors (Lipinski definition) is 3. The minimum Gasteiger partial charge on any atom is -0.309 e. The van der Waals surface area contributed by atoms with Crippen molar-refractivity contribution >= 4 is 0 Å². The molecule has 1 saturated heterocycles. The van der Waals surface area contributed by atoms with Crippen LogP contribution in [0, 0.1) is 12.8 Å². The number of hydrogen-bond donors (Lipinski definition) is 1. The van der Waals surface area contributed by atoms with Crippen LogP contribution in [0.25, 0.3) is 0 Å². The van der Waals surface area contributed by atoms with Crippen LogP contribution in [0.5, 0.6) is 0 Å². The number of piperazine rings is 1. The van der Waals surface area contributed by atoms with Crippen molar-refractivity contribution in [3.05, 3.63) is 29.6 Å². The summed E-state index contributed by atoms with van der Waals surface area (Å²) >= 11 is 0. The molecule has 1 aliphatic heterocycles. The zero-order valence-electron chi connectivity index (χ0n) is 13.6. The summed E-state index contributed by atoms with van der Waals surface area (Å²) < 4.78 is 0. The topological polar surface area (TPSA) is 28.2 Å². The van der Waals surface area contributed by atoms with E-state index in [4.69, 9.17) is 0 Å². The summed E-state index contributed by atoms with van der Waals surface area (Å²) in [6, 6.07) is 6.94. The first-order valence-corrected chi connectivity index (χ1v) is 7.77. The molecule has 112 valence electrons. The Bertz CT molecular complexity index is 440. The summed E-state index contributed by atoms with van der Waals surface area (Å²) in [5, 5.41) is 3.68. The van der Waals surface area contributed by atoms with Crippen molar-refractivity contribution < 1.29 is 0 Å². The fourth-order valence-electron chi connectivity index (χ4n) is 3.07. The third kappa shape index (κ3) is 4.29. The monoisotopic (exact) mass is 275 g/mol. The highest BCUT2D eigenvalue weighted by molar-refractivity contribution is 5.10. The van der Waals surface area contributed by atoms with Gasteiger partial charge in [0.25, 0.3) is 0 Å². The highest BCUT2D eigenvalue weighted by Crippen LogP contribution is 2.21. The SMILES string of the molecule is Cc1cccc(CN2CC(C)(C)NCC2CC(C)C)n1. The molecule has 1 aromatic heterocycles. The summed E-state index contributed by atoms with van der Waals surface area (Å²) in [7, 11) is 0. The zero-order valence-corrected chi connectivity index (χ0v) is 13.6. The Balaban J connectivity index is 2.10. The van der Waals surface area contributed by atoms with E-state index in [2.05, 4.69) is 68.0 Å². The Morgan fingerprint density at radius 2 is 2.15 bits per heavy atom. The molecule has 1 unspecified atom stereocenters. The molecule has 1 fully saturated rings. The molecular formula is C17H29N3. The molecule has 0 aliphatic carbocycles. The molecule has 1 N–H and O–H groups in total. The van der Waals surface area contributed by atoms with E-state index >= 15 is 0 Å². The lowest BCUT2D eigenvalue weighted by Gasteiger charge is -2.45. The van der Waals surface area contributed by atoms with Crippen molar-refractivity contribution in [1.82, 2.24) is 15.2 Å². The third-order valence-corrected chi connectivity index (χ3v) is 3.99. The van der Waals surface area contributed by atoms with Crippen LogP contribution < -0.4 is 5.32 Å². The summed E-state index contributed by atoms with van der Waals surface area (Å²) in [4.78, 5) is 7.28. The van der Waals surface area contributed by atoms with Crippen molar-refractivity contribution in [2.75, 3.05) is 13.1 Å². The van der Waals surface area contributed by atoms with Crippen LogP contribution >= 0.6 is 0 Å². The maximum atomic E-state index is 4.67. The maximum Gasteiger partial charge on any atom is 0.0547 e. The number of aryl methyl sites for hydroxylation is 1. The van der Waals surface area contributed by atoms with E-state index in [1.807, 2.05) is 0 Å². The second-order valence-electron chi connectivity index (χ2n) is 7.22. The predicted octanol–water partition coefficient (Wildman–Crippen LogP) is 2.99. The van der Waals surface area contributed by atoms with Crippen LogP contribution in [-0.4, -0.2) is 34.6 Å². The van der Waals surface area contributed by atoms with Gasteiger partial charge in [-0.05, 0) is 45.2 Å². The quantitative estimate of drug-likeness (QED) is 0.915. The van der Waals surface area contributed by atoms with Crippen molar-refractivity contribution in [2.24, 2.45) is 5.92 Å². The van der Waals surface area contributed by atoms with Gasteiger partial charge in [0, 0.05) is 36.9 Å². The summed E-state index contributed by atoms with van der Waals surface area (Å²) in [6.45, 7) is 14.4. The van der Waals surface area contributed by atoms with Gasteiger partial charge in [-0.15, -0.1) is 0 Å². The first-order chi connectivity index (χ1) is 9.35. The van der Waals surface area contributed by atoms with Crippen LogP contribution in [0.15, 0.2) is 18.2 Å². The van der Waals surface area contributed by atoms with E-state index in [-0.39, 0.29) is 5.54 Å². The summed E-state index contributed by atoms with van der Waals surface area (Å²) in [6.07, 6.45) is 1.24. The minimum absolute atomic E-state index is 0.192. The Labute approximate surface area is 123 Å². The van der Waals surface area contributed by atoms with Gasteiger partial charge in [0.2, 0.25) is 0 Å². The number of nitrogens with zero attached hydrogens (tertiary/aromatic N) is 2. The average molecular weight is 275 g/mol. The molecule has 0 radical (unpaired) electrons. The summed E-state index contributed by atoms with van der Waals surface area (Å²) in [5.74, 6) is 0.732. The van der Waals surface area contributed by atoms with Gasteiger partial charge in [-0.25, -0.2) is 0 Å². The van der Waals surface area contributed by atoms with Gasteiger partial charge in [0.15, 0.2) is 0 Å².